The number of rotatable bonds is 9. The van der Waals surface area contributed by atoms with Crippen molar-refractivity contribution in [3.8, 4) is 0 Å². The van der Waals surface area contributed by atoms with Gasteiger partial charge in [-0.15, -0.1) is 0 Å². The Morgan fingerprint density at radius 1 is 1.44 bits per heavy atom. The minimum absolute atomic E-state index is 0.113. The van der Waals surface area contributed by atoms with E-state index in [-0.39, 0.29) is 5.91 Å². The van der Waals surface area contributed by atoms with Crippen molar-refractivity contribution in [3.63, 3.8) is 0 Å². The average Bonchev–Trinajstić information content (AvgIpc) is 2.24. The number of sulfonamides is 1. The first-order valence-corrected chi connectivity index (χ1v) is 8.02. The van der Waals surface area contributed by atoms with Crippen molar-refractivity contribution in [1.29, 1.82) is 0 Å². The van der Waals surface area contributed by atoms with Crippen LogP contribution in [0, 0.1) is 0 Å². The van der Waals surface area contributed by atoms with Gasteiger partial charge in [-0.3, -0.25) is 4.79 Å². The van der Waals surface area contributed by atoms with E-state index in [1.165, 1.54) is 10.6 Å². The highest BCUT2D eigenvalue weighted by molar-refractivity contribution is 7.88. The van der Waals surface area contributed by atoms with Crippen LogP contribution in [0.5, 0.6) is 0 Å². The summed E-state index contributed by atoms with van der Waals surface area (Å²) in [5.41, 5.74) is 0. The van der Waals surface area contributed by atoms with Crippen LogP contribution < -0.4 is 5.32 Å². The van der Waals surface area contributed by atoms with Crippen molar-refractivity contribution in [1.82, 2.24) is 9.62 Å². The maximum atomic E-state index is 11.3. The molecule has 0 fully saturated rings. The zero-order valence-corrected chi connectivity index (χ0v) is 12.2. The smallest absolute Gasteiger partial charge is 0.220 e. The van der Waals surface area contributed by atoms with Gasteiger partial charge in [-0.2, -0.15) is 0 Å². The molecule has 0 rings (SSSR count). The summed E-state index contributed by atoms with van der Waals surface area (Å²) in [5.74, 6) is -0.113. The summed E-state index contributed by atoms with van der Waals surface area (Å²) < 4.78 is 23.9. The monoisotopic (exact) mass is 280 g/mol. The Hall–Kier alpha value is -0.660. The second-order valence-electron chi connectivity index (χ2n) is 4.35. The van der Waals surface area contributed by atoms with Crippen LogP contribution in [-0.4, -0.2) is 55.7 Å². The van der Waals surface area contributed by atoms with E-state index in [0.29, 0.717) is 38.9 Å². The molecule has 0 aromatic heterocycles. The van der Waals surface area contributed by atoms with Crippen LogP contribution in [0.15, 0.2) is 0 Å². The number of nitrogens with one attached hydrogen (secondary N) is 1. The molecular weight excluding hydrogens is 256 g/mol. The molecule has 2 N–H and O–H groups in total. The average molecular weight is 280 g/mol. The first-order valence-electron chi connectivity index (χ1n) is 6.17. The van der Waals surface area contributed by atoms with Crippen LogP contribution in [-0.2, 0) is 14.8 Å². The molecule has 108 valence electrons. The summed E-state index contributed by atoms with van der Waals surface area (Å²) in [6, 6.07) is 0. The normalized spacial score (nSPS) is 13.6. The number of aliphatic hydroxyl groups excluding tert-OH is 1. The lowest BCUT2D eigenvalue weighted by Gasteiger charge is -2.17. The molecule has 1 atom stereocenters. The lowest BCUT2D eigenvalue weighted by molar-refractivity contribution is -0.121. The Labute approximate surface area is 109 Å². The summed E-state index contributed by atoms with van der Waals surface area (Å²) in [6.07, 6.45) is 2.02. The van der Waals surface area contributed by atoms with Crippen molar-refractivity contribution in [2.75, 3.05) is 25.9 Å². The highest BCUT2D eigenvalue weighted by Gasteiger charge is 2.13. The molecule has 0 aliphatic carbocycles. The van der Waals surface area contributed by atoms with Crippen molar-refractivity contribution >= 4 is 15.9 Å². The Kier molecular flexibility index (Phi) is 8.13. The molecule has 7 heteroatoms. The number of hydrogen-bond acceptors (Lipinski definition) is 4. The summed E-state index contributed by atoms with van der Waals surface area (Å²) >= 11 is 0. The lowest BCUT2D eigenvalue weighted by Crippen LogP contribution is -2.33. The van der Waals surface area contributed by atoms with Gasteiger partial charge in [0.1, 0.15) is 0 Å². The molecule has 0 aromatic carbocycles. The van der Waals surface area contributed by atoms with Gasteiger partial charge in [-0.05, 0) is 19.8 Å². The van der Waals surface area contributed by atoms with Gasteiger partial charge < -0.3 is 10.4 Å². The molecule has 0 bridgehead atoms. The lowest BCUT2D eigenvalue weighted by atomic mass is 10.2. The molecular formula is C11H24N2O4S. The fourth-order valence-corrected chi connectivity index (χ4v) is 2.40. The van der Waals surface area contributed by atoms with Crippen molar-refractivity contribution in [2.45, 2.75) is 39.2 Å². The molecule has 1 amide bonds. The molecule has 6 nitrogen and oxygen atoms in total. The first-order chi connectivity index (χ1) is 8.27. The highest BCUT2D eigenvalue weighted by atomic mass is 32.2. The zero-order chi connectivity index (χ0) is 14.2. The third-order valence-corrected chi connectivity index (χ3v) is 3.90. The molecule has 0 saturated heterocycles. The first kappa shape index (κ1) is 17.3. The maximum absolute atomic E-state index is 11.3. The SMILES string of the molecule is CCN(CCCNC(=O)CCC(C)O)S(C)(=O)=O. The highest BCUT2D eigenvalue weighted by Crippen LogP contribution is 1.99. The number of carbonyl (C=O) groups is 1. The van der Waals surface area contributed by atoms with Crippen LogP contribution in [0.25, 0.3) is 0 Å². The fourth-order valence-electron chi connectivity index (χ4n) is 1.47. The van der Waals surface area contributed by atoms with Crippen LogP contribution in [0.1, 0.15) is 33.1 Å². The minimum atomic E-state index is -3.15. The Bertz CT molecular complexity index is 341. The van der Waals surface area contributed by atoms with E-state index >= 15 is 0 Å². The third kappa shape index (κ3) is 8.43. The molecule has 1 unspecified atom stereocenters. The van der Waals surface area contributed by atoms with E-state index < -0.39 is 16.1 Å². The summed E-state index contributed by atoms with van der Waals surface area (Å²) in [6.45, 7) is 4.71. The van der Waals surface area contributed by atoms with Gasteiger partial charge in [0.2, 0.25) is 15.9 Å². The predicted molar refractivity (Wildman–Crippen MR) is 70.6 cm³/mol. The van der Waals surface area contributed by atoms with E-state index in [1.807, 2.05) is 0 Å². The van der Waals surface area contributed by atoms with E-state index in [4.69, 9.17) is 5.11 Å². The number of aliphatic hydroxyl groups is 1. The Balaban J connectivity index is 3.76. The van der Waals surface area contributed by atoms with E-state index in [0.717, 1.165) is 0 Å². The van der Waals surface area contributed by atoms with Crippen molar-refractivity contribution in [3.05, 3.63) is 0 Å². The second-order valence-corrected chi connectivity index (χ2v) is 6.33. The van der Waals surface area contributed by atoms with Gasteiger partial charge in [0.25, 0.3) is 0 Å². The van der Waals surface area contributed by atoms with Crippen LogP contribution in [0.2, 0.25) is 0 Å². The molecule has 18 heavy (non-hydrogen) atoms. The largest absolute Gasteiger partial charge is 0.393 e. The van der Waals surface area contributed by atoms with Crippen LogP contribution in [0.4, 0.5) is 0 Å². The quantitative estimate of drug-likeness (QED) is 0.579. The molecule has 0 aliphatic heterocycles. The summed E-state index contributed by atoms with van der Waals surface area (Å²) in [7, 11) is -3.15. The van der Waals surface area contributed by atoms with Crippen LogP contribution in [0.3, 0.4) is 0 Å². The van der Waals surface area contributed by atoms with Crippen LogP contribution >= 0.6 is 0 Å². The second kappa shape index (κ2) is 8.44. The number of nitrogens with zero attached hydrogens (tertiary/aromatic N) is 1. The molecule has 0 aromatic rings. The number of amides is 1. The Morgan fingerprint density at radius 2 is 2.06 bits per heavy atom. The molecule has 0 heterocycles. The van der Waals surface area contributed by atoms with Gasteiger partial charge in [-0.25, -0.2) is 12.7 Å². The predicted octanol–water partition coefficient (Wildman–Crippen LogP) is -0.0648. The zero-order valence-electron chi connectivity index (χ0n) is 11.3. The van der Waals surface area contributed by atoms with Crippen molar-refractivity contribution < 1.29 is 18.3 Å². The van der Waals surface area contributed by atoms with Gasteiger partial charge in [0, 0.05) is 26.1 Å². The topological polar surface area (TPSA) is 86.7 Å². The number of hydrogen-bond donors (Lipinski definition) is 2. The maximum Gasteiger partial charge on any atom is 0.220 e. The fraction of sp³-hybridized carbons (Fsp3) is 0.909. The molecule has 0 aliphatic rings. The van der Waals surface area contributed by atoms with Gasteiger partial charge in [0.15, 0.2) is 0 Å². The van der Waals surface area contributed by atoms with Gasteiger partial charge >= 0.3 is 0 Å². The number of carbonyl (C=O) groups excluding carboxylic acids is 1. The van der Waals surface area contributed by atoms with E-state index in [2.05, 4.69) is 5.32 Å². The van der Waals surface area contributed by atoms with Crippen molar-refractivity contribution in [2.24, 2.45) is 0 Å². The van der Waals surface area contributed by atoms with Gasteiger partial charge in [0.05, 0.1) is 12.4 Å². The summed E-state index contributed by atoms with van der Waals surface area (Å²) in [5, 5.41) is 11.7. The van der Waals surface area contributed by atoms with Gasteiger partial charge in [-0.1, -0.05) is 6.92 Å². The molecule has 0 saturated carbocycles. The van der Waals surface area contributed by atoms with E-state index in [1.54, 1.807) is 13.8 Å². The van der Waals surface area contributed by atoms with E-state index in [9.17, 15) is 13.2 Å². The molecule has 0 spiro atoms. The Morgan fingerprint density at radius 3 is 2.50 bits per heavy atom. The minimum Gasteiger partial charge on any atom is -0.393 e. The molecule has 0 radical (unpaired) electrons. The standard InChI is InChI=1S/C11H24N2O4S/c1-4-13(18(3,16)17)9-5-8-12-11(15)7-6-10(2)14/h10,14H,4-9H2,1-3H3,(H,12,15). The third-order valence-electron chi connectivity index (χ3n) is 2.52. The summed E-state index contributed by atoms with van der Waals surface area (Å²) in [4.78, 5) is 11.3.